The summed E-state index contributed by atoms with van der Waals surface area (Å²) < 4.78 is 0. The van der Waals surface area contributed by atoms with Crippen LogP contribution in [-0.2, 0) is 16.0 Å². The SMILES string of the molecule is C=C1C(=O)NC(O)(Cc2ccccc2)C(=O)N1c1ccccc1. The molecule has 5 heteroatoms. The number of para-hydroxylation sites is 1. The zero-order valence-corrected chi connectivity index (χ0v) is 12.4. The molecule has 1 saturated heterocycles. The number of carbonyl (C=O) groups is 2. The fourth-order valence-corrected chi connectivity index (χ4v) is 2.58. The van der Waals surface area contributed by atoms with Crippen molar-refractivity contribution < 1.29 is 14.7 Å². The summed E-state index contributed by atoms with van der Waals surface area (Å²) in [5.74, 6) is -1.20. The van der Waals surface area contributed by atoms with Crippen molar-refractivity contribution in [3.05, 3.63) is 78.5 Å². The number of piperazine rings is 1. The summed E-state index contributed by atoms with van der Waals surface area (Å²) in [5.41, 5.74) is -0.790. The molecule has 0 aromatic heterocycles. The third kappa shape index (κ3) is 2.74. The number of amides is 2. The number of nitrogens with one attached hydrogen (secondary N) is 1. The average molecular weight is 308 g/mol. The zero-order chi connectivity index (χ0) is 16.4. The van der Waals surface area contributed by atoms with E-state index in [1.165, 1.54) is 0 Å². The lowest BCUT2D eigenvalue weighted by Gasteiger charge is -2.39. The van der Waals surface area contributed by atoms with Gasteiger partial charge >= 0.3 is 0 Å². The first kappa shape index (κ1) is 15.0. The van der Waals surface area contributed by atoms with Crippen molar-refractivity contribution in [1.29, 1.82) is 0 Å². The number of rotatable bonds is 3. The van der Waals surface area contributed by atoms with E-state index in [4.69, 9.17) is 0 Å². The van der Waals surface area contributed by atoms with E-state index in [9.17, 15) is 14.7 Å². The normalized spacial score (nSPS) is 21.3. The van der Waals surface area contributed by atoms with E-state index in [0.717, 1.165) is 10.5 Å². The topological polar surface area (TPSA) is 69.6 Å². The minimum Gasteiger partial charge on any atom is -0.363 e. The van der Waals surface area contributed by atoms with Crippen LogP contribution >= 0.6 is 0 Å². The van der Waals surface area contributed by atoms with Crippen molar-refractivity contribution in [2.24, 2.45) is 0 Å². The van der Waals surface area contributed by atoms with Crippen molar-refractivity contribution >= 4 is 17.5 Å². The first-order valence-electron chi connectivity index (χ1n) is 7.18. The Morgan fingerprint density at radius 2 is 1.57 bits per heavy atom. The molecule has 1 aliphatic heterocycles. The molecule has 2 aromatic carbocycles. The molecule has 2 N–H and O–H groups in total. The van der Waals surface area contributed by atoms with Crippen LogP contribution in [0.5, 0.6) is 0 Å². The third-order valence-corrected chi connectivity index (χ3v) is 3.73. The quantitative estimate of drug-likeness (QED) is 0.846. The molecule has 0 bridgehead atoms. The number of hydrogen-bond acceptors (Lipinski definition) is 3. The molecule has 2 aromatic rings. The van der Waals surface area contributed by atoms with Gasteiger partial charge in [0.15, 0.2) is 0 Å². The highest BCUT2D eigenvalue weighted by Gasteiger charge is 2.47. The van der Waals surface area contributed by atoms with E-state index in [1.807, 2.05) is 18.2 Å². The second-order valence-electron chi connectivity index (χ2n) is 5.40. The van der Waals surface area contributed by atoms with Crippen LogP contribution < -0.4 is 10.2 Å². The summed E-state index contributed by atoms with van der Waals surface area (Å²) in [6.07, 6.45) is -0.0188. The Morgan fingerprint density at radius 3 is 2.17 bits per heavy atom. The van der Waals surface area contributed by atoms with Crippen molar-refractivity contribution in [3.63, 3.8) is 0 Å². The highest BCUT2D eigenvalue weighted by molar-refractivity contribution is 6.16. The largest absolute Gasteiger partial charge is 0.363 e. The van der Waals surface area contributed by atoms with Gasteiger partial charge in [0, 0.05) is 12.1 Å². The molecule has 1 aliphatic rings. The number of hydrogen-bond donors (Lipinski definition) is 2. The summed E-state index contributed by atoms with van der Waals surface area (Å²) in [6.45, 7) is 3.66. The molecule has 3 rings (SSSR count). The maximum Gasteiger partial charge on any atom is 0.285 e. The van der Waals surface area contributed by atoms with Gasteiger partial charge in [-0.2, -0.15) is 0 Å². The van der Waals surface area contributed by atoms with Crippen LogP contribution in [-0.4, -0.2) is 22.6 Å². The molecular weight excluding hydrogens is 292 g/mol. The molecule has 1 heterocycles. The lowest BCUT2D eigenvalue weighted by atomic mass is 9.98. The second-order valence-corrected chi connectivity index (χ2v) is 5.40. The molecule has 1 unspecified atom stereocenters. The van der Waals surface area contributed by atoms with E-state index in [1.54, 1.807) is 42.5 Å². The number of nitrogens with zero attached hydrogens (tertiary/aromatic N) is 1. The van der Waals surface area contributed by atoms with Gasteiger partial charge in [-0.1, -0.05) is 55.1 Å². The number of aliphatic hydroxyl groups is 1. The smallest absolute Gasteiger partial charge is 0.285 e. The van der Waals surface area contributed by atoms with Crippen molar-refractivity contribution in [2.75, 3.05) is 4.90 Å². The second kappa shape index (κ2) is 5.70. The van der Waals surface area contributed by atoms with Crippen molar-refractivity contribution in [3.8, 4) is 0 Å². The van der Waals surface area contributed by atoms with Crippen LogP contribution in [0.1, 0.15) is 5.56 Å². The van der Waals surface area contributed by atoms with Crippen LogP contribution in [0.2, 0.25) is 0 Å². The van der Waals surface area contributed by atoms with Gasteiger partial charge in [0.2, 0.25) is 5.72 Å². The summed E-state index contributed by atoms with van der Waals surface area (Å²) >= 11 is 0. The van der Waals surface area contributed by atoms with Gasteiger partial charge in [-0.25, -0.2) is 0 Å². The van der Waals surface area contributed by atoms with Crippen LogP contribution in [0.3, 0.4) is 0 Å². The van der Waals surface area contributed by atoms with Gasteiger partial charge in [0.1, 0.15) is 5.70 Å². The fourth-order valence-electron chi connectivity index (χ4n) is 2.58. The first-order chi connectivity index (χ1) is 11.0. The monoisotopic (exact) mass is 308 g/mol. The zero-order valence-electron chi connectivity index (χ0n) is 12.4. The molecule has 0 spiro atoms. The molecule has 2 amide bonds. The van der Waals surface area contributed by atoms with Crippen molar-refractivity contribution in [2.45, 2.75) is 12.1 Å². The first-order valence-corrected chi connectivity index (χ1v) is 7.18. The maximum atomic E-state index is 12.8. The minimum absolute atomic E-state index is 0.0149. The van der Waals surface area contributed by atoms with E-state index >= 15 is 0 Å². The predicted molar refractivity (Wildman–Crippen MR) is 86.3 cm³/mol. The van der Waals surface area contributed by atoms with Gasteiger partial charge in [-0.15, -0.1) is 0 Å². The van der Waals surface area contributed by atoms with E-state index in [2.05, 4.69) is 11.9 Å². The summed E-state index contributed by atoms with van der Waals surface area (Å²) in [7, 11) is 0. The lowest BCUT2D eigenvalue weighted by molar-refractivity contribution is -0.149. The molecule has 5 nitrogen and oxygen atoms in total. The average Bonchev–Trinajstić information content (AvgIpc) is 2.55. The van der Waals surface area contributed by atoms with Gasteiger partial charge < -0.3 is 10.4 Å². The number of carbonyl (C=O) groups excluding carboxylic acids is 2. The highest BCUT2D eigenvalue weighted by atomic mass is 16.3. The van der Waals surface area contributed by atoms with Gasteiger partial charge in [-0.3, -0.25) is 14.5 Å². The Labute approximate surface area is 133 Å². The van der Waals surface area contributed by atoms with Gasteiger partial charge in [0.25, 0.3) is 11.8 Å². The van der Waals surface area contributed by atoms with Crippen LogP contribution in [0.15, 0.2) is 72.9 Å². The van der Waals surface area contributed by atoms with E-state index in [0.29, 0.717) is 5.69 Å². The molecule has 116 valence electrons. The minimum atomic E-state index is -2.00. The summed E-state index contributed by atoms with van der Waals surface area (Å²) in [4.78, 5) is 26.1. The number of anilines is 1. The van der Waals surface area contributed by atoms with E-state index in [-0.39, 0.29) is 12.1 Å². The number of benzene rings is 2. The third-order valence-electron chi connectivity index (χ3n) is 3.73. The summed E-state index contributed by atoms with van der Waals surface area (Å²) in [5, 5.41) is 13.1. The Hall–Kier alpha value is -2.92. The van der Waals surface area contributed by atoms with E-state index < -0.39 is 17.5 Å². The van der Waals surface area contributed by atoms with Crippen LogP contribution in [0.4, 0.5) is 5.69 Å². The summed E-state index contributed by atoms with van der Waals surface area (Å²) in [6, 6.07) is 17.7. The molecule has 0 saturated carbocycles. The van der Waals surface area contributed by atoms with Gasteiger partial charge in [0.05, 0.1) is 0 Å². The standard InChI is InChI=1S/C18H16N2O3/c1-13-16(21)19-18(23,12-14-8-4-2-5-9-14)17(22)20(13)15-10-6-3-7-11-15/h2-11,23H,1,12H2,(H,19,21). The Kier molecular flexibility index (Phi) is 3.72. The lowest BCUT2D eigenvalue weighted by Crippen LogP contribution is -2.66. The molecule has 1 atom stereocenters. The van der Waals surface area contributed by atoms with Crippen LogP contribution in [0, 0.1) is 0 Å². The molecular formula is C18H16N2O3. The highest BCUT2D eigenvalue weighted by Crippen LogP contribution is 2.27. The van der Waals surface area contributed by atoms with Crippen molar-refractivity contribution in [1.82, 2.24) is 5.32 Å². The Balaban J connectivity index is 1.98. The Morgan fingerprint density at radius 1 is 1.00 bits per heavy atom. The maximum absolute atomic E-state index is 12.8. The molecule has 0 aliphatic carbocycles. The Bertz CT molecular complexity index is 758. The predicted octanol–water partition coefficient (Wildman–Crippen LogP) is 1.59. The fraction of sp³-hybridized carbons (Fsp3) is 0.111. The van der Waals surface area contributed by atoms with Gasteiger partial charge in [-0.05, 0) is 17.7 Å². The van der Waals surface area contributed by atoms with Crippen LogP contribution in [0.25, 0.3) is 0 Å². The molecule has 0 radical (unpaired) electrons. The molecule has 23 heavy (non-hydrogen) atoms. The molecule has 1 fully saturated rings.